The predicted molar refractivity (Wildman–Crippen MR) is 121 cm³/mol. The summed E-state index contributed by atoms with van der Waals surface area (Å²) in [4.78, 5) is 18.2. The van der Waals surface area contributed by atoms with Crippen molar-refractivity contribution in [2.45, 2.75) is 24.9 Å². The fourth-order valence-electron chi connectivity index (χ4n) is 4.16. The van der Waals surface area contributed by atoms with Crippen LogP contribution >= 0.6 is 0 Å². The minimum atomic E-state index is -0.680. The number of aliphatic hydroxyl groups excluding tert-OH is 1. The Balaban J connectivity index is 1.28. The van der Waals surface area contributed by atoms with Gasteiger partial charge in [0.15, 0.2) is 0 Å². The quantitative estimate of drug-likeness (QED) is 0.615. The zero-order valence-corrected chi connectivity index (χ0v) is 18.2. The molecule has 1 saturated heterocycles. The molecule has 0 amide bonds. The summed E-state index contributed by atoms with van der Waals surface area (Å²) in [7, 11) is 1.75. The number of hydrogen-bond acceptors (Lipinski definition) is 5. The van der Waals surface area contributed by atoms with E-state index in [1.807, 2.05) is 18.3 Å². The molecule has 32 heavy (non-hydrogen) atoms. The topological polar surface area (TPSA) is 67.6 Å². The van der Waals surface area contributed by atoms with Crippen molar-refractivity contribution in [3.8, 4) is 16.9 Å². The number of likely N-dealkylation sites (tertiary alicyclic amines) is 1. The number of piperidine rings is 1. The van der Waals surface area contributed by atoms with Crippen molar-refractivity contribution in [3.05, 3.63) is 82.8 Å². The molecule has 1 aliphatic heterocycles. The van der Waals surface area contributed by atoms with Crippen LogP contribution in [0.3, 0.4) is 0 Å². The van der Waals surface area contributed by atoms with E-state index in [4.69, 9.17) is 4.74 Å². The molecule has 3 heterocycles. The molecule has 0 radical (unpaired) electrons. The van der Waals surface area contributed by atoms with E-state index in [2.05, 4.69) is 9.88 Å². The van der Waals surface area contributed by atoms with E-state index in [-0.39, 0.29) is 12.2 Å². The second kappa shape index (κ2) is 10.1. The van der Waals surface area contributed by atoms with Crippen LogP contribution in [0.2, 0.25) is 0 Å². The number of benzene rings is 1. The molecule has 0 bridgehead atoms. The van der Waals surface area contributed by atoms with Crippen LogP contribution in [0.15, 0.2) is 65.8 Å². The van der Waals surface area contributed by atoms with Crippen LogP contribution in [-0.4, -0.2) is 51.9 Å². The third kappa shape index (κ3) is 5.60. The van der Waals surface area contributed by atoms with Gasteiger partial charge in [-0.05, 0) is 67.2 Å². The normalized spacial score (nSPS) is 16.1. The summed E-state index contributed by atoms with van der Waals surface area (Å²) in [6, 6.07) is 11.9. The average Bonchev–Trinajstić information content (AvgIpc) is 2.80. The summed E-state index contributed by atoms with van der Waals surface area (Å²) in [5.74, 6) is 0.354. The molecule has 0 saturated carbocycles. The number of halogens is 1. The van der Waals surface area contributed by atoms with E-state index in [9.17, 15) is 14.3 Å². The second-order valence-electron chi connectivity index (χ2n) is 8.37. The predicted octanol–water partition coefficient (Wildman–Crippen LogP) is 3.21. The Labute approximate surface area is 186 Å². The number of nitrogens with zero attached hydrogens (tertiary/aromatic N) is 3. The van der Waals surface area contributed by atoms with E-state index in [1.54, 1.807) is 42.2 Å². The van der Waals surface area contributed by atoms with Crippen molar-refractivity contribution >= 4 is 0 Å². The first-order chi connectivity index (χ1) is 15.5. The van der Waals surface area contributed by atoms with E-state index in [0.717, 1.165) is 37.1 Å². The minimum absolute atomic E-state index is 0.0153. The van der Waals surface area contributed by atoms with Gasteiger partial charge >= 0.3 is 0 Å². The molecular weight excluding hydrogens is 409 g/mol. The molecule has 7 heteroatoms. The minimum Gasteiger partial charge on any atom is -0.491 e. The fraction of sp³-hybridized carbons (Fsp3) is 0.360. The number of aromatic nitrogens is 2. The third-order valence-corrected chi connectivity index (χ3v) is 5.96. The highest BCUT2D eigenvalue weighted by atomic mass is 19.1. The first kappa shape index (κ1) is 22.2. The fourth-order valence-corrected chi connectivity index (χ4v) is 4.16. The monoisotopic (exact) mass is 437 g/mol. The van der Waals surface area contributed by atoms with Crippen LogP contribution in [0.4, 0.5) is 4.39 Å². The summed E-state index contributed by atoms with van der Waals surface area (Å²) >= 11 is 0. The lowest BCUT2D eigenvalue weighted by Gasteiger charge is -2.33. The molecule has 1 unspecified atom stereocenters. The van der Waals surface area contributed by atoms with E-state index >= 15 is 0 Å². The first-order valence-corrected chi connectivity index (χ1v) is 10.9. The van der Waals surface area contributed by atoms with Crippen molar-refractivity contribution in [1.29, 1.82) is 0 Å². The van der Waals surface area contributed by atoms with Gasteiger partial charge in [-0.15, -0.1) is 0 Å². The Morgan fingerprint density at radius 1 is 1.19 bits per heavy atom. The lowest BCUT2D eigenvalue weighted by Crippen LogP contribution is -2.40. The van der Waals surface area contributed by atoms with Crippen molar-refractivity contribution in [3.63, 3.8) is 0 Å². The number of aliphatic hydroxyl groups is 1. The van der Waals surface area contributed by atoms with Crippen LogP contribution in [0.5, 0.6) is 5.75 Å². The Morgan fingerprint density at radius 2 is 2.00 bits per heavy atom. The van der Waals surface area contributed by atoms with Crippen LogP contribution in [0.1, 0.15) is 24.3 Å². The lowest BCUT2D eigenvalue weighted by atomic mass is 9.90. The van der Waals surface area contributed by atoms with Gasteiger partial charge in [0.25, 0.3) is 5.56 Å². The number of aryl methyl sites for hydroxylation is 1. The Bertz CT molecular complexity index is 1100. The van der Waals surface area contributed by atoms with Crippen LogP contribution < -0.4 is 10.3 Å². The zero-order valence-electron chi connectivity index (χ0n) is 18.2. The van der Waals surface area contributed by atoms with Gasteiger partial charge in [0.1, 0.15) is 24.3 Å². The van der Waals surface area contributed by atoms with Gasteiger partial charge in [0, 0.05) is 49.9 Å². The Morgan fingerprint density at radius 3 is 2.72 bits per heavy atom. The third-order valence-electron chi connectivity index (χ3n) is 5.96. The number of ether oxygens (including phenoxy) is 1. The summed E-state index contributed by atoms with van der Waals surface area (Å²) in [6.07, 6.45) is 6.36. The molecule has 0 spiro atoms. The summed E-state index contributed by atoms with van der Waals surface area (Å²) in [5, 5.41) is 10.5. The van der Waals surface area contributed by atoms with Gasteiger partial charge in [0.2, 0.25) is 0 Å². The van der Waals surface area contributed by atoms with Gasteiger partial charge in [-0.3, -0.25) is 9.78 Å². The van der Waals surface area contributed by atoms with Crippen molar-refractivity contribution in [2.24, 2.45) is 7.05 Å². The van der Waals surface area contributed by atoms with E-state index < -0.39 is 11.9 Å². The van der Waals surface area contributed by atoms with Crippen LogP contribution in [0.25, 0.3) is 11.1 Å². The van der Waals surface area contributed by atoms with Crippen molar-refractivity contribution in [2.75, 3.05) is 26.2 Å². The number of pyridine rings is 2. The standard InChI is InChI=1S/C25H28FN3O3/c1-28-8-4-19(13-25(28)31)18-5-9-29(10-6-18)16-23(30)17-32-24-12-21(11-22(26)14-24)20-3-2-7-27-15-20/h2-4,7-8,11-15,18,23,30H,5-6,9-10,16-17H2,1H3. The molecule has 1 atom stereocenters. The van der Waals surface area contributed by atoms with E-state index in [1.165, 1.54) is 12.1 Å². The van der Waals surface area contributed by atoms with Crippen molar-refractivity contribution in [1.82, 2.24) is 14.5 Å². The molecule has 1 aromatic carbocycles. The molecule has 0 aliphatic carbocycles. The van der Waals surface area contributed by atoms with Gasteiger partial charge in [-0.1, -0.05) is 6.07 Å². The SMILES string of the molecule is Cn1ccc(C2CCN(CC(O)COc3cc(F)cc(-c4cccnc4)c3)CC2)cc1=O. The highest BCUT2D eigenvalue weighted by Crippen LogP contribution is 2.28. The molecule has 168 valence electrons. The molecule has 4 rings (SSSR count). The van der Waals surface area contributed by atoms with Gasteiger partial charge in [-0.25, -0.2) is 4.39 Å². The van der Waals surface area contributed by atoms with Crippen molar-refractivity contribution < 1.29 is 14.2 Å². The molecule has 1 N–H and O–H groups in total. The smallest absolute Gasteiger partial charge is 0.250 e. The van der Waals surface area contributed by atoms with Crippen LogP contribution in [-0.2, 0) is 7.05 Å². The average molecular weight is 438 g/mol. The largest absolute Gasteiger partial charge is 0.491 e. The maximum Gasteiger partial charge on any atom is 0.250 e. The summed E-state index contributed by atoms with van der Waals surface area (Å²) in [5.41, 5.74) is 2.59. The number of β-amino-alcohol motifs (C(OH)–C–C–N with tert-alkyl or cyclic N) is 1. The van der Waals surface area contributed by atoms with Crippen LogP contribution in [0, 0.1) is 5.82 Å². The second-order valence-corrected chi connectivity index (χ2v) is 8.37. The maximum absolute atomic E-state index is 14.0. The molecule has 1 aliphatic rings. The molecular formula is C25H28FN3O3. The summed E-state index contributed by atoms with van der Waals surface area (Å²) < 4.78 is 21.3. The molecule has 6 nitrogen and oxygen atoms in total. The van der Waals surface area contributed by atoms with Gasteiger partial charge in [0.05, 0.1) is 0 Å². The zero-order chi connectivity index (χ0) is 22.5. The highest BCUT2D eigenvalue weighted by molar-refractivity contribution is 5.64. The molecule has 1 fully saturated rings. The first-order valence-electron chi connectivity index (χ1n) is 10.9. The lowest BCUT2D eigenvalue weighted by molar-refractivity contribution is 0.0593. The Kier molecular flexibility index (Phi) is 6.97. The van der Waals surface area contributed by atoms with E-state index in [0.29, 0.717) is 23.8 Å². The molecule has 3 aromatic rings. The van der Waals surface area contributed by atoms with Gasteiger partial charge < -0.3 is 19.3 Å². The Hall–Kier alpha value is -3.03. The molecule has 2 aromatic heterocycles. The summed E-state index contributed by atoms with van der Waals surface area (Å²) in [6.45, 7) is 2.28. The number of hydrogen-bond donors (Lipinski definition) is 1. The van der Waals surface area contributed by atoms with Gasteiger partial charge in [-0.2, -0.15) is 0 Å². The highest BCUT2D eigenvalue weighted by Gasteiger charge is 2.23. The number of rotatable bonds is 7. The maximum atomic E-state index is 14.0.